The minimum Gasteiger partial charge on any atom is -0.370 e. The average molecular weight is 183 g/mol. The summed E-state index contributed by atoms with van der Waals surface area (Å²) in [4.78, 5) is 10.8. The zero-order chi connectivity index (χ0) is 9.19. The molecule has 0 aliphatic rings. The minimum atomic E-state index is -2.05. The van der Waals surface area contributed by atoms with Crippen molar-refractivity contribution in [1.29, 1.82) is 0 Å². The van der Waals surface area contributed by atoms with Crippen molar-refractivity contribution in [1.82, 2.24) is 0 Å². The van der Waals surface area contributed by atoms with E-state index in [2.05, 4.69) is 6.58 Å². The monoisotopic (exact) mass is 183 g/mol. The van der Waals surface area contributed by atoms with Crippen LogP contribution in [0.1, 0.15) is 4.88 Å². The first-order valence-corrected chi connectivity index (χ1v) is 4.10. The molecule has 1 atom stereocenters. The Kier molecular flexibility index (Phi) is 2.30. The lowest BCUT2D eigenvalue weighted by Crippen LogP contribution is -2.31. The second-order valence-electron chi connectivity index (χ2n) is 2.24. The van der Waals surface area contributed by atoms with Crippen molar-refractivity contribution in [3.63, 3.8) is 0 Å². The van der Waals surface area contributed by atoms with Gasteiger partial charge in [-0.15, -0.1) is 11.3 Å². The zero-order valence-electron chi connectivity index (χ0n) is 6.19. The molecule has 0 aromatic carbocycles. The Morgan fingerprint density at radius 1 is 1.75 bits per heavy atom. The Labute approximate surface area is 73.6 Å². The summed E-state index contributed by atoms with van der Waals surface area (Å²) in [5.41, 5.74) is -2.05. The van der Waals surface area contributed by atoms with Crippen molar-refractivity contribution in [2.24, 2.45) is 0 Å². The molecule has 0 aliphatic heterocycles. The summed E-state index contributed by atoms with van der Waals surface area (Å²) in [5, 5.41) is 21.7. The molecule has 1 N–H and O–H groups in total. The lowest BCUT2D eigenvalue weighted by Gasteiger charge is -2.14. The van der Waals surface area contributed by atoms with Crippen LogP contribution in [0, 0.1) is 0 Å². The van der Waals surface area contributed by atoms with Crippen molar-refractivity contribution in [3.8, 4) is 0 Å². The first-order chi connectivity index (χ1) is 5.61. The van der Waals surface area contributed by atoms with Gasteiger partial charge in [-0.05, 0) is 17.5 Å². The van der Waals surface area contributed by atoms with Crippen LogP contribution >= 0.6 is 11.3 Å². The normalized spacial score (nSPS) is 15.1. The third-order valence-electron chi connectivity index (χ3n) is 1.50. The predicted molar refractivity (Wildman–Crippen MR) is 44.1 cm³/mol. The van der Waals surface area contributed by atoms with Crippen molar-refractivity contribution >= 4 is 17.3 Å². The Balaban J connectivity index is 3.12. The van der Waals surface area contributed by atoms with Crippen LogP contribution in [-0.4, -0.2) is 11.1 Å². The quantitative estimate of drug-likeness (QED) is 0.713. The van der Waals surface area contributed by atoms with Gasteiger partial charge in [-0.1, -0.05) is 12.6 Å². The molecule has 4 heteroatoms. The molecule has 63 valence electrons. The fourth-order valence-corrected chi connectivity index (χ4v) is 1.59. The topological polar surface area (TPSA) is 57.2 Å². The SMILES string of the molecule is C=CC(O)(C([O])=O)c1cccs1. The van der Waals surface area contributed by atoms with Crippen molar-refractivity contribution in [2.75, 3.05) is 0 Å². The summed E-state index contributed by atoms with van der Waals surface area (Å²) in [7, 11) is 0. The predicted octanol–water partition coefficient (Wildman–Crippen LogP) is 1.08. The molecule has 3 nitrogen and oxygen atoms in total. The summed E-state index contributed by atoms with van der Waals surface area (Å²) >= 11 is 1.14. The molecule has 0 bridgehead atoms. The number of carbonyl (C=O) groups excluding carboxylic acids is 1. The number of hydrogen-bond donors (Lipinski definition) is 1. The Bertz CT molecular complexity index is 291. The van der Waals surface area contributed by atoms with Crippen LogP contribution in [0.2, 0.25) is 0 Å². The third kappa shape index (κ3) is 1.26. The highest BCUT2D eigenvalue weighted by Crippen LogP contribution is 2.26. The summed E-state index contributed by atoms with van der Waals surface area (Å²) in [6.07, 6.45) is 0.953. The number of carbonyl (C=O) groups is 1. The second kappa shape index (κ2) is 3.08. The molecule has 1 unspecified atom stereocenters. The molecule has 0 saturated carbocycles. The van der Waals surface area contributed by atoms with Crippen molar-refractivity contribution in [3.05, 3.63) is 35.0 Å². The fraction of sp³-hybridized carbons (Fsp3) is 0.125. The van der Waals surface area contributed by atoms with E-state index in [-0.39, 0.29) is 0 Å². The standard InChI is InChI=1S/C8H7O3S/c1-2-8(11,7(9)10)6-4-3-5-12-6/h2-5,11H,1H2. The smallest absolute Gasteiger partial charge is 0.370 e. The first-order valence-electron chi connectivity index (χ1n) is 3.22. The van der Waals surface area contributed by atoms with Gasteiger partial charge in [0.25, 0.3) is 0 Å². The Morgan fingerprint density at radius 2 is 2.42 bits per heavy atom. The average Bonchev–Trinajstić information content (AvgIpc) is 2.54. The molecular formula is C8H7O3S. The van der Waals surface area contributed by atoms with Gasteiger partial charge >= 0.3 is 5.97 Å². The summed E-state index contributed by atoms with van der Waals surface area (Å²) < 4.78 is 0. The highest BCUT2D eigenvalue weighted by molar-refractivity contribution is 7.10. The van der Waals surface area contributed by atoms with Gasteiger partial charge < -0.3 is 5.11 Å². The van der Waals surface area contributed by atoms with E-state index in [9.17, 15) is 15.0 Å². The van der Waals surface area contributed by atoms with Gasteiger partial charge in [0.15, 0.2) is 0 Å². The van der Waals surface area contributed by atoms with Crippen LogP contribution in [0.5, 0.6) is 0 Å². The van der Waals surface area contributed by atoms with Gasteiger partial charge in [-0.25, -0.2) is 9.90 Å². The van der Waals surface area contributed by atoms with Gasteiger partial charge in [0, 0.05) is 0 Å². The van der Waals surface area contributed by atoms with Crippen LogP contribution in [-0.2, 0) is 15.5 Å². The molecule has 1 aromatic heterocycles. The fourth-order valence-electron chi connectivity index (χ4n) is 0.780. The van der Waals surface area contributed by atoms with Gasteiger partial charge in [0.2, 0.25) is 5.60 Å². The van der Waals surface area contributed by atoms with Crippen molar-refractivity contribution in [2.45, 2.75) is 5.60 Å². The van der Waals surface area contributed by atoms with E-state index < -0.39 is 11.6 Å². The molecule has 1 aromatic rings. The maximum atomic E-state index is 10.5. The van der Waals surface area contributed by atoms with Crippen LogP contribution in [0.4, 0.5) is 0 Å². The second-order valence-corrected chi connectivity index (χ2v) is 3.18. The first kappa shape index (κ1) is 8.96. The van der Waals surface area contributed by atoms with Gasteiger partial charge in [0.05, 0.1) is 4.88 Å². The van der Waals surface area contributed by atoms with E-state index in [4.69, 9.17) is 0 Å². The van der Waals surface area contributed by atoms with E-state index in [0.717, 1.165) is 17.4 Å². The lowest BCUT2D eigenvalue weighted by molar-refractivity contribution is -0.160. The summed E-state index contributed by atoms with van der Waals surface area (Å²) in [6.45, 7) is 3.25. The minimum absolute atomic E-state index is 0.303. The molecular weight excluding hydrogens is 176 g/mol. The number of rotatable bonds is 3. The summed E-state index contributed by atoms with van der Waals surface area (Å²) in [6, 6.07) is 3.17. The maximum Gasteiger partial charge on any atom is 0.396 e. The van der Waals surface area contributed by atoms with Gasteiger partial charge in [-0.2, -0.15) is 0 Å². The van der Waals surface area contributed by atoms with Crippen LogP contribution < -0.4 is 0 Å². The number of aliphatic hydroxyl groups is 1. The van der Waals surface area contributed by atoms with E-state index in [1.807, 2.05) is 0 Å². The van der Waals surface area contributed by atoms with Crippen LogP contribution in [0.25, 0.3) is 0 Å². The number of hydrogen-bond acceptors (Lipinski definition) is 3. The molecule has 0 spiro atoms. The Hall–Kier alpha value is -1.13. The highest BCUT2D eigenvalue weighted by Gasteiger charge is 2.37. The van der Waals surface area contributed by atoms with E-state index in [1.165, 1.54) is 6.07 Å². The third-order valence-corrected chi connectivity index (χ3v) is 2.50. The number of thiophene rings is 1. The van der Waals surface area contributed by atoms with Crippen LogP contribution in [0.15, 0.2) is 30.2 Å². The van der Waals surface area contributed by atoms with Crippen molar-refractivity contribution < 1.29 is 15.0 Å². The lowest BCUT2D eigenvalue weighted by atomic mass is 10.0. The maximum absolute atomic E-state index is 10.5. The van der Waals surface area contributed by atoms with Crippen LogP contribution in [0.3, 0.4) is 0 Å². The molecule has 12 heavy (non-hydrogen) atoms. The molecule has 0 fully saturated rings. The zero-order valence-corrected chi connectivity index (χ0v) is 7.00. The largest absolute Gasteiger partial charge is 0.396 e. The molecule has 0 amide bonds. The van der Waals surface area contributed by atoms with E-state index >= 15 is 0 Å². The highest BCUT2D eigenvalue weighted by atomic mass is 32.1. The molecule has 1 rings (SSSR count). The van der Waals surface area contributed by atoms with E-state index in [1.54, 1.807) is 11.4 Å². The summed E-state index contributed by atoms with van der Waals surface area (Å²) in [5.74, 6) is -1.56. The van der Waals surface area contributed by atoms with E-state index in [0.29, 0.717) is 4.88 Å². The Morgan fingerprint density at radius 3 is 2.75 bits per heavy atom. The molecule has 1 radical (unpaired) electrons. The van der Waals surface area contributed by atoms with Gasteiger partial charge in [-0.3, -0.25) is 0 Å². The molecule has 0 saturated heterocycles. The molecule has 1 heterocycles. The van der Waals surface area contributed by atoms with Gasteiger partial charge in [0.1, 0.15) is 0 Å². The molecule has 0 aliphatic carbocycles.